The van der Waals surface area contributed by atoms with Gasteiger partial charge in [0, 0.05) is 31.3 Å². The van der Waals surface area contributed by atoms with Gasteiger partial charge in [-0.3, -0.25) is 4.90 Å². The van der Waals surface area contributed by atoms with E-state index in [1.807, 2.05) is 0 Å². The van der Waals surface area contributed by atoms with Gasteiger partial charge in [-0.25, -0.2) is 0 Å². The molecule has 0 aromatic carbocycles. The molecule has 2 aliphatic heterocycles. The summed E-state index contributed by atoms with van der Waals surface area (Å²) in [7, 11) is 0. The summed E-state index contributed by atoms with van der Waals surface area (Å²) in [5.41, 5.74) is 0. The molecule has 2 heterocycles. The van der Waals surface area contributed by atoms with Gasteiger partial charge in [0.05, 0.1) is 6.10 Å². The summed E-state index contributed by atoms with van der Waals surface area (Å²) in [5.74, 6) is 0. The van der Waals surface area contributed by atoms with Crippen molar-refractivity contribution >= 4 is 0 Å². The Kier molecular flexibility index (Phi) is 3.18. The minimum atomic E-state index is 0.545. The quantitative estimate of drug-likeness (QED) is 0.781. The summed E-state index contributed by atoms with van der Waals surface area (Å²) >= 11 is 0. The van der Waals surface area contributed by atoms with E-state index in [-0.39, 0.29) is 0 Å². The van der Waals surface area contributed by atoms with Crippen LogP contribution in [0, 0.1) is 0 Å². The molecule has 2 atom stereocenters. The normalized spacial score (nSPS) is 43.3. The predicted molar refractivity (Wildman–Crippen MR) is 64.6 cm³/mol. The maximum atomic E-state index is 5.61. The first-order valence-corrected chi connectivity index (χ1v) is 6.98. The van der Waals surface area contributed by atoms with Gasteiger partial charge in [-0.05, 0) is 45.6 Å². The molecule has 0 spiro atoms. The average molecular weight is 224 g/mol. The van der Waals surface area contributed by atoms with Gasteiger partial charge < -0.3 is 10.1 Å². The van der Waals surface area contributed by atoms with Crippen molar-refractivity contribution in [3.05, 3.63) is 0 Å². The van der Waals surface area contributed by atoms with Crippen molar-refractivity contribution in [2.24, 2.45) is 0 Å². The number of nitrogens with one attached hydrogen (secondary N) is 1. The van der Waals surface area contributed by atoms with Crippen LogP contribution in [-0.4, -0.2) is 48.8 Å². The summed E-state index contributed by atoms with van der Waals surface area (Å²) in [6, 6.07) is 2.36. The van der Waals surface area contributed by atoms with Crippen LogP contribution < -0.4 is 5.32 Å². The highest BCUT2D eigenvalue weighted by Gasteiger charge is 2.40. The molecule has 2 saturated heterocycles. The molecule has 0 aromatic heterocycles. The zero-order valence-electron chi connectivity index (χ0n) is 10.3. The van der Waals surface area contributed by atoms with Crippen LogP contribution in [0.25, 0.3) is 0 Å². The second kappa shape index (κ2) is 4.63. The molecule has 3 aliphatic rings. The second-order valence-corrected chi connectivity index (χ2v) is 5.55. The molecule has 2 unspecified atom stereocenters. The summed E-state index contributed by atoms with van der Waals surface area (Å²) in [5, 5.41) is 3.85. The van der Waals surface area contributed by atoms with Crippen molar-refractivity contribution in [3.63, 3.8) is 0 Å². The Morgan fingerprint density at radius 1 is 1.25 bits per heavy atom. The highest BCUT2D eigenvalue weighted by Crippen LogP contribution is 2.31. The topological polar surface area (TPSA) is 24.5 Å². The lowest BCUT2D eigenvalue weighted by molar-refractivity contribution is -0.0130. The van der Waals surface area contributed by atoms with Gasteiger partial charge in [-0.15, -0.1) is 0 Å². The van der Waals surface area contributed by atoms with Gasteiger partial charge in [0.25, 0.3) is 0 Å². The van der Waals surface area contributed by atoms with E-state index < -0.39 is 0 Å². The van der Waals surface area contributed by atoms with Crippen molar-refractivity contribution in [2.75, 3.05) is 19.7 Å². The molecular weight excluding hydrogens is 200 g/mol. The number of fused-ring (bicyclic) bond motifs is 1. The molecule has 3 heteroatoms. The third-order valence-electron chi connectivity index (χ3n) is 4.55. The molecule has 3 nitrogen and oxygen atoms in total. The van der Waals surface area contributed by atoms with E-state index in [9.17, 15) is 0 Å². The Labute approximate surface area is 98.5 Å². The molecule has 0 amide bonds. The fourth-order valence-corrected chi connectivity index (χ4v) is 3.65. The monoisotopic (exact) mass is 224 g/mol. The number of hydrogen-bond acceptors (Lipinski definition) is 3. The van der Waals surface area contributed by atoms with Crippen molar-refractivity contribution in [2.45, 2.75) is 63.3 Å². The van der Waals surface area contributed by atoms with Crippen LogP contribution >= 0.6 is 0 Å². The molecule has 1 N–H and O–H groups in total. The summed E-state index contributed by atoms with van der Waals surface area (Å²) in [6.45, 7) is 5.63. The van der Waals surface area contributed by atoms with Crippen LogP contribution in [0.2, 0.25) is 0 Å². The van der Waals surface area contributed by atoms with E-state index in [0.29, 0.717) is 6.10 Å². The lowest BCUT2D eigenvalue weighted by Gasteiger charge is -2.38. The van der Waals surface area contributed by atoms with Crippen molar-refractivity contribution in [3.8, 4) is 0 Å². The molecule has 0 radical (unpaired) electrons. The van der Waals surface area contributed by atoms with Gasteiger partial charge in [0.2, 0.25) is 0 Å². The maximum absolute atomic E-state index is 5.61. The maximum Gasteiger partial charge on any atom is 0.0604 e. The Balaban J connectivity index is 1.43. The molecule has 16 heavy (non-hydrogen) atoms. The number of hydrogen-bond donors (Lipinski definition) is 1. The third kappa shape index (κ3) is 2.01. The fraction of sp³-hybridized carbons (Fsp3) is 1.00. The molecule has 0 bridgehead atoms. The van der Waals surface area contributed by atoms with Crippen LogP contribution in [0.1, 0.15) is 39.0 Å². The predicted octanol–water partition coefficient (Wildman–Crippen LogP) is 1.38. The third-order valence-corrected chi connectivity index (χ3v) is 4.55. The molecule has 0 aromatic rings. The summed E-state index contributed by atoms with van der Waals surface area (Å²) in [6.07, 6.45) is 7.20. The zero-order valence-corrected chi connectivity index (χ0v) is 10.3. The molecule has 1 aliphatic carbocycles. The lowest BCUT2D eigenvalue weighted by atomic mass is 9.88. The average Bonchev–Trinajstić information content (AvgIpc) is 2.78. The largest absolute Gasteiger partial charge is 0.378 e. The van der Waals surface area contributed by atoms with E-state index in [1.54, 1.807) is 0 Å². The minimum Gasteiger partial charge on any atom is -0.378 e. The zero-order chi connectivity index (χ0) is 11.0. The molecular formula is C13H24N2O. The number of rotatable bonds is 4. The van der Waals surface area contributed by atoms with Crippen LogP contribution in [0.3, 0.4) is 0 Å². The first kappa shape index (κ1) is 11.0. The number of nitrogens with zero attached hydrogens (tertiary/aromatic N) is 1. The van der Waals surface area contributed by atoms with E-state index in [0.717, 1.165) is 24.7 Å². The highest BCUT2D eigenvalue weighted by atomic mass is 16.5. The fourth-order valence-electron chi connectivity index (χ4n) is 3.65. The Morgan fingerprint density at radius 2 is 2.12 bits per heavy atom. The van der Waals surface area contributed by atoms with Gasteiger partial charge >= 0.3 is 0 Å². The Hall–Kier alpha value is -0.120. The van der Waals surface area contributed by atoms with Gasteiger partial charge in [-0.1, -0.05) is 0 Å². The van der Waals surface area contributed by atoms with E-state index in [2.05, 4.69) is 17.1 Å². The van der Waals surface area contributed by atoms with Crippen LogP contribution in [0.5, 0.6) is 0 Å². The molecule has 3 fully saturated rings. The van der Waals surface area contributed by atoms with Gasteiger partial charge in [-0.2, -0.15) is 0 Å². The van der Waals surface area contributed by atoms with Crippen LogP contribution in [0.4, 0.5) is 0 Å². The Bertz CT molecular complexity index is 240. The summed E-state index contributed by atoms with van der Waals surface area (Å²) in [4.78, 5) is 2.68. The minimum absolute atomic E-state index is 0.545. The molecule has 92 valence electrons. The van der Waals surface area contributed by atoms with E-state index in [4.69, 9.17) is 4.74 Å². The Morgan fingerprint density at radius 3 is 2.94 bits per heavy atom. The van der Waals surface area contributed by atoms with Crippen LogP contribution in [-0.2, 0) is 4.74 Å². The first-order chi connectivity index (χ1) is 7.86. The number of ether oxygens (including phenoxy) is 1. The van der Waals surface area contributed by atoms with Gasteiger partial charge in [0.15, 0.2) is 0 Å². The second-order valence-electron chi connectivity index (χ2n) is 5.55. The molecule has 1 saturated carbocycles. The van der Waals surface area contributed by atoms with Crippen molar-refractivity contribution in [1.82, 2.24) is 10.2 Å². The molecule has 3 rings (SSSR count). The van der Waals surface area contributed by atoms with Crippen molar-refractivity contribution in [1.29, 1.82) is 0 Å². The standard InChI is InChI=1S/C13H24N2O/c1-2-16-11-8-10(9-11)14-12-5-7-15-6-3-4-13(12)15/h10-14H,2-9H2,1H3. The van der Waals surface area contributed by atoms with E-state index in [1.165, 1.54) is 45.2 Å². The van der Waals surface area contributed by atoms with Crippen molar-refractivity contribution < 1.29 is 4.74 Å². The summed E-state index contributed by atoms with van der Waals surface area (Å²) < 4.78 is 5.61. The SMILES string of the molecule is CCOC1CC(NC2CCN3CCCC23)C1. The smallest absolute Gasteiger partial charge is 0.0604 e. The van der Waals surface area contributed by atoms with E-state index >= 15 is 0 Å². The van der Waals surface area contributed by atoms with Gasteiger partial charge in [0.1, 0.15) is 0 Å². The first-order valence-electron chi connectivity index (χ1n) is 6.98. The highest BCUT2D eigenvalue weighted by molar-refractivity contribution is 4.99. The lowest BCUT2D eigenvalue weighted by Crippen LogP contribution is -2.52. The van der Waals surface area contributed by atoms with Crippen LogP contribution in [0.15, 0.2) is 0 Å².